The van der Waals surface area contributed by atoms with Gasteiger partial charge in [0.25, 0.3) is 0 Å². The lowest BCUT2D eigenvalue weighted by atomic mass is 10.1. The topological polar surface area (TPSA) is 39.2 Å². The molecule has 2 rings (SSSR count). The summed E-state index contributed by atoms with van der Waals surface area (Å²) in [5.41, 5.74) is 6.76. The van der Waals surface area contributed by atoms with E-state index in [0.717, 1.165) is 5.76 Å². The highest BCUT2D eigenvalue weighted by atomic mass is 35.5. The molecular weight excluding hydrogens is 245 g/mol. The van der Waals surface area contributed by atoms with Gasteiger partial charge in [-0.05, 0) is 31.2 Å². The monoisotopic (exact) mass is 255 g/mol. The summed E-state index contributed by atoms with van der Waals surface area (Å²) >= 11 is 12.1. The van der Waals surface area contributed by atoms with Crippen molar-refractivity contribution in [2.24, 2.45) is 5.73 Å². The number of halogens is 2. The number of nitrogens with two attached hydrogens (primary N) is 1. The van der Waals surface area contributed by atoms with Gasteiger partial charge in [0, 0.05) is 15.6 Å². The molecule has 0 aliphatic rings. The molecule has 16 heavy (non-hydrogen) atoms. The predicted molar refractivity (Wildman–Crippen MR) is 65.9 cm³/mol. The molecule has 0 saturated heterocycles. The average molecular weight is 256 g/mol. The number of aryl methyl sites for hydroxylation is 1. The van der Waals surface area contributed by atoms with Crippen molar-refractivity contribution in [2.75, 3.05) is 0 Å². The van der Waals surface area contributed by atoms with Gasteiger partial charge in [0.2, 0.25) is 0 Å². The van der Waals surface area contributed by atoms with Crippen molar-refractivity contribution in [3.63, 3.8) is 0 Å². The Morgan fingerprint density at radius 2 is 1.75 bits per heavy atom. The van der Waals surface area contributed by atoms with Crippen LogP contribution >= 0.6 is 23.2 Å². The molecule has 84 valence electrons. The van der Waals surface area contributed by atoms with Crippen LogP contribution in [0.2, 0.25) is 10.0 Å². The van der Waals surface area contributed by atoms with E-state index in [1.807, 2.05) is 19.1 Å². The Labute approximate surface area is 104 Å². The molecule has 1 aromatic heterocycles. The standard InChI is InChI=1S/C12H11Cl2NO/c1-7-5-6-10(16-7)12(15)11-8(13)3-2-4-9(11)14/h2-6,12H,15H2,1H3. The van der Waals surface area contributed by atoms with E-state index in [1.165, 1.54) is 0 Å². The molecule has 0 amide bonds. The maximum Gasteiger partial charge on any atom is 0.125 e. The second kappa shape index (κ2) is 4.50. The van der Waals surface area contributed by atoms with E-state index in [2.05, 4.69) is 0 Å². The van der Waals surface area contributed by atoms with Crippen LogP contribution in [0.1, 0.15) is 23.1 Å². The maximum atomic E-state index is 6.07. The summed E-state index contributed by atoms with van der Waals surface area (Å²) in [7, 11) is 0. The lowest BCUT2D eigenvalue weighted by Gasteiger charge is -2.12. The largest absolute Gasteiger partial charge is 0.464 e. The number of furan rings is 1. The minimum absolute atomic E-state index is 0.435. The van der Waals surface area contributed by atoms with Crippen molar-refractivity contribution >= 4 is 23.2 Å². The van der Waals surface area contributed by atoms with Gasteiger partial charge in [0.15, 0.2) is 0 Å². The van der Waals surface area contributed by atoms with Crippen LogP contribution < -0.4 is 5.73 Å². The maximum absolute atomic E-state index is 6.07. The van der Waals surface area contributed by atoms with Crippen molar-refractivity contribution in [1.29, 1.82) is 0 Å². The number of benzene rings is 1. The molecule has 1 heterocycles. The van der Waals surface area contributed by atoms with Gasteiger partial charge in [-0.2, -0.15) is 0 Å². The van der Waals surface area contributed by atoms with Gasteiger partial charge < -0.3 is 10.2 Å². The van der Waals surface area contributed by atoms with E-state index in [9.17, 15) is 0 Å². The number of hydrogen-bond acceptors (Lipinski definition) is 2. The van der Waals surface area contributed by atoms with E-state index in [-0.39, 0.29) is 0 Å². The zero-order valence-corrected chi connectivity index (χ0v) is 10.2. The summed E-state index contributed by atoms with van der Waals surface area (Å²) in [6.07, 6.45) is 0. The summed E-state index contributed by atoms with van der Waals surface area (Å²) in [5.74, 6) is 1.47. The molecular formula is C12H11Cl2NO. The third-order valence-corrected chi connectivity index (χ3v) is 3.04. The lowest BCUT2D eigenvalue weighted by Crippen LogP contribution is -2.12. The Bertz CT molecular complexity index is 487. The van der Waals surface area contributed by atoms with Crippen LogP contribution in [0.15, 0.2) is 34.7 Å². The molecule has 0 fully saturated rings. The van der Waals surface area contributed by atoms with Crippen LogP contribution in [-0.2, 0) is 0 Å². The lowest BCUT2D eigenvalue weighted by molar-refractivity contribution is 0.466. The first-order valence-electron chi connectivity index (χ1n) is 4.85. The van der Waals surface area contributed by atoms with Gasteiger partial charge in [0.05, 0.1) is 6.04 Å². The first kappa shape index (κ1) is 11.5. The van der Waals surface area contributed by atoms with Crippen LogP contribution in [0, 0.1) is 6.92 Å². The number of hydrogen-bond donors (Lipinski definition) is 1. The zero-order valence-electron chi connectivity index (χ0n) is 8.71. The van der Waals surface area contributed by atoms with Crippen LogP contribution in [0.4, 0.5) is 0 Å². The predicted octanol–water partition coefficient (Wildman–Crippen LogP) is 3.94. The van der Waals surface area contributed by atoms with Gasteiger partial charge in [0.1, 0.15) is 11.5 Å². The van der Waals surface area contributed by atoms with Crippen LogP contribution in [-0.4, -0.2) is 0 Å². The summed E-state index contributed by atoms with van der Waals surface area (Å²) in [6.45, 7) is 1.87. The van der Waals surface area contributed by atoms with Crippen molar-refractivity contribution in [1.82, 2.24) is 0 Å². The van der Waals surface area contributed by atoms with E-state index < -0.39 is 6.04 Å². The highest BCUT2D eigenvalue weighted by molar-refractivity contribution is 6.36. The van der Waals surface area contributed by atoms with E-state index >= 15 is 0 Å². The minimum Gasteiger partial charge on any atom is -0.464 e. The summed E-state index contributed by atoms with van der Waals surface area (Å²) in [5, 5.41) is 1.10. The van der Waals surface area contributed by atoms with Gasteiger partial charge >= 0.3 is 0 Å². The van der Waals surface area contributed by atoms with E-state index in [0.29, 0.717) is 21.4 Å². The fraction of sp³-hybridized carbons (Fsp3) is 0.167. The van der Waals surface area contributed by atoms with E-state index in [4.69, 9.17) is 33.4 Å². The van der Waals surface area contributed by atoms with Gasteiger partial charge in [-0.15, -0.1) is 0 Å². The first-order valence-corrected chi connectivity index (χ1v) is 5.61. The van der Waals surface area contributed by atoms with Crippen molar-refractivity contribution < 1.29 is 4.42 Å². The highest BCUT2D eigenvalue weighted by Gasteiger charge is 2.18. The Balaban J connectivity index is 2.45. The van der Waals surface area contributed by atoms with Gasteiger partial charge in [-0.1, -0.05) is 29.3 Å². The second-order valence-electron chi connectivity index (χ2n) is 3.56. The first-order chi connectivity index (χ1) is 7.59. The Morgan fingerprint density at radius 1 is 1.12 bits per heavy atom. The van der Waals surface area contributed by atoms with Crippen molar-refractivity contribution in [2.45, 2.75) is 13.0 Å². The zero-order chi connectivity index (χ0) is 11.7. The molecule has 1 unspecified atom stereocenters. The molecule has 0 spiro atoms. The molecule has 2 aromatic rings. The molecule has 1 atom stereocenters. The third kappa shape index (κ3) is 2.09. The Kier molecular flexibility index (Phi) is 3.24. The highest BCUT2D eigenvalue weighted by Crippen LogP contribution is 2.33. The van der Waals surface area contributed by atoms with Crippen LogP contribution in [0.5, 0.6) is 0 Å². The molecule has 0 aliphatic heterocycles. The van der Waals surface area contributed by atoms with Crippen LogP contribution in [0.3, 0.4) is 0 Å². The Morgan fingerprint density at radius 3 is 2.25 bits per heavy atom. The number of rotatable bonds is 2. The summed E-state index contributed by atoms with van der Waals surface area (Å²) < 4.78 is 5.47. The van der Waals surface area contributed by atoms with Gasteiger partial charge in [-0.25, -0.2) is 0 Å². The molecule has 0 radical (unpaired) electrons. The fourth-order valence-electron chi connectivity index (χ4n) is 1.57. The molecule has 0 aliphatic carbocycles. The van der Waals surface area contributed by atoms with Gasteiger partial charge in [-0.3, -0.25) is 0 Å². The molecule has 2 nitrogen and oxygen atoms in total. The minimum atomic E-state index is -0.435. The molecule has 1 aromatic carbocycles. The Hall–Kier alpha value is -0.960. The van der Waals surface area contributed by atoms with Crippen molar-refractivity contribution in [3.05, 3.63) is 57.5 Å². The molecule has 0 saturated carbocycles. The second-order valence-corrected chi connectivity index (χ2v) is 4.38. The normalized spacial score (nSPS) is 12.8. The average Bonchev–Trinajstić information content (AvgIpc) is 2.64. The molecule has 4 heteroatoms. The third-order valence-electron chi connectivity index (χ3n) is 2.38. The summed E-state index contributed by atoms with van der Waals surface area (Å²) in [4.78, 5) is 0. The van der Waals surface area contributed by atoms with E-state index in [1.54, 1.807) is 18.2 Å². The smallest absolute Gasteiger partial charge is 0.125 e. The molecule has 0 bridgehead atoms. The van der Waals surface area contributed by atoms with Crippen LogP contribution in [0.25, 0.3) is 0 Å². The summed E-state index contributed by atoms with van der Waals surface area (Å²) in [6, 6.07) is 8.57. The fourth-order valence-corrected chi connectivity index (χ4v) is 2.20. The SMILES string of the molecule is Cc1ccc(C(N)c2c(Cl)cccc2Cl)o1. The quantitative estimate of drug-likeness (QED) is 0.883. The van der Waals surface area contributed by atoms with Crippen molar-refractivity contribution in [3.8, 4) is 0 Å². The molecule has 2 N–H and O–H groups in total.